The molecule has 5 heteroatoms. The topological polar surface area (TPSA) is 55.4 Å². The molecular formula is C19H22ClNO3. The molecule has 0 unspecified atom stereocenters. The van der Waals surface area contributed by atoms with Crippen LogP contribution in [0, 0.1) is 5.92 Å². The first-order chi connectivity index (χ1) is 11.4. The minimum Gasteiger partial charge on any atom is -0.467 e. The van der Waals surface area contributed by atoms with Gasteiger partial charge in [-0.05, 0) is 35.5 Å². The van der Waals surface area contributed by atoms with E-state index in [-0.39, 0.29) is 11.8 Å². The maximum Gasteiger partial charge on any atom is 0.328 e. The second kappa shape index (κ2) is 8.15. The third-order valence-corrected chi connectivity index (χ3v) is 4.50. The molecule has 128 valence electrons. The van der Waals surface area contributed by atoms with E-state index in [4.69, 9.17) is 16.3 Å². The summed E-state index contributed by atoms with van der Waals surface area (Å²) in [6.07, 6.45) is 4.82. The number of methoxy groups -OCH3 is 1. The fourth-order valence-electron chi connectivity index (χ4n) is 2.66. The van der Waals surface area contributed by atoms with Crippen molar-refractivity contribution in [1.29, 1.82) is 0 Å². The Labute approximate surface area is 147 Å². The Morgan fingerprint density at radius 3 is 2.62 bits per heavy atom. The molecule has 1 aromatic rings. The second-order valence-electron chi connectivity index (χ2n) is 6.08. The van der Waals surface area contributed by atoms with Crippen LogP contribution >= 0.6 is 11.6 Å². The number of nitrogens with one attached hydrogen (secondary N) is 1. The van der Waals surface area contributed by atoms with Crippen LogP contribution in [0.2, 0.25) is 0 Å². The summed E-state index contributed by atoms with van der Waals surface area (Å²) in [5.74, 6) is -0.843. The van der Waals surface area contributed by atoms with E-state index in [1.807, 2.05) is 32.0 Å². The molecule has 0 bridgehead atoms. The summed E-state index contributed by atoms with van der Waals surface area (Å²) in [4.78, 5) is 23.8. The normalized spacial score (nSPS) is 15.4. The van der Waals surface area contributed by atoms with Crippen LogP contribution in [0.4, 0.5) is 0 Å². The van der Waals surface area contributed by atoms with Gasteiger partial charge in [-0.15, -0.1) is 0 Å². The summed E-state index contributed by atoms with van der Waals surface area (Å²) in [6.45, 7) is 3.70. The van der Waals surface area contributed by atoms with Crippen molar-refractivity contribution >= 4 is 28.5 Å². The smallest absolute Gasteiger partial charge is 0.328 e. The Bertz CT molecular complexity index is 692. The minimum absolute atomic E-state index is 0.0563. The average molecular weight is 348 g/mol. The number of hydrogen-bond donors (Lipinski definition) is 1. The van der Waals surface area contributed by atoms with Gasteiger partial charge < -0.3 is 10.1 Å². The number of hydrogen-bond acceptors (Lipinski definition) is 3. The first kappa shape index (κ1) is 18.3. The zero-order valence-electron chi connectivity index (χ0n) is 14.1. The number of aryl methyl sites for hydroxylation is 1. The van der Waals surface area contributed by atoms with E-state index >= 15 is 0 Å². The standard InChI is InChI=1S/C19H22ClNO3/c1-12(2)18(19(23)24-3)21-16(22)11-10-14-9-8-13-6-4-5-7-15(13)17(14)20/h4-7,10-12,18H,8-9H2,1-3H3,(H,21,22)/b11-10+/t18-/m0/s1. The lowest BCUT2D eigenvalue weighted by atomic mass is 9.92. The maximum absolute atomic E-state index is 12.1. The zero-order valence-corrected chi connectivity index (χ0v) is 14.9. The van der Waals surface area contributed by atoms with E-state index in [2.05, 4.69) is 11.4 Å². The van der Waals surface area contributed by atoms with Gasteiger partial charge in [-0.2, -0.15) is 0 Å². The van der Waals surface area contributed by atoms with Crippen LogP contribution in [0.5, 0.6) is 0 Å². The number of fused-ring (bicyclic) bond motifs is 1. The van der Waals surface area contributed by atoms with Gasteiger partial charge in [-0.3, -0.25) is 4.79 Å². The molecular weight excluding hydrogens is 326 g/mol. The Morgan fingerprint density at radius 2 is 1.96 bits per heavy atom. The van der Waals surface area contributed by atoms with E-state index < -0.39 is 12.0 Å². The molecule has 2 rings (SSSR count). The fraction of sp³-hybridized carbons (Fsp3) is 0.368. The molecule has 0 spiro atoms. The lowest BCUT2D eigenvalue weighted by Gasteiger charge is -2.19. The summed E-state index contributed by atoms with van der Waals surface area (Å²) < 4.78 is 4.72. The molecule has 4 nitrogen and oxygen atoms in total. The van der Waals surface area contributed by atoms with E-state index in [0.717, 1.165) is 24.0 Å². The van der Waals surface area contributed by atoms with E-state index in [9.17, 15) is 9.59 Å². The first-order valence-electron chi connectivity index (χ1n) is 7.97. The summed E-state index contributed by atoms with van der Waals surface area (Å²) in [6, 6.07) is 7.33. The number of ether oxygens (including phenoxy) is 1. The molecule has 1 aliphatic rings. The van der Waals surface area contributed by atoms with Gasteiger partial charge >= 0.3 is 5.97 Å². The van der Waals surface area contributed by atoms with Gasteiger partial charge in [0, 0.05) is 6.08 Å². The summed E-state index contributed by atoms with van der Waals surface area (Å²) in [5.41, 5.74) is 3.15. The minimum atomic E-state index is -0.663. The van der Waals surface area contributed by atoms with Crippen molar-refractivity contribution in [2.75, 3.05) is 7.11 Å². The van der Waals surface area contributed by atoms with Gasteiger partial charge in [-0.25, -0.2) is 4.79 Å². The fourth-order valence-corrected chi connectivity index (χ4v) is 3.01. The third kappa shape index (κ3) is 4.26. The van der Waals surface area contributed by atoms with Crippen LogP contribution in [0.3, 0.4) is 0 Å². The van der Waals surface area contributed by atoms with Crippen molar-refractivity contribution in [1.82, 2.24) is 5.32 Å². The molecule has 0 saturated heterocycles. The molecule has 0 saturated carbocycles. The molecule has 0 aromatic heterocycles. The highest BCUT2D eigenvalue weighted by molar-refractivity contribution is 6.49. The molecule has 1 aliphatic carbocycles. The molecule has 0 radical (unpaired) electrons. The highest BCUT2D eigenvalue weighted by Crippen LogP contribution is 2.34. The number of esters is 1. The summed E-state index contributed by atoms with van der Waals surface area (Å²) >= 11 is 6.45. The molecule has 1 N–H and O–H groups in total. The quantitative estimate of drug-likeness (QED) is 0.655. The predicted octanol–water partition coefficient (Wildman–Crippen LogP) is 3.45. The Balaban J connectivity index is 2.10. The van der Waals surface area contributed by atoms with Gasteiger partial charge in [0.05, 0.1) is 12.1 Å². The van der Waals surface area contributed by atoms with Crippen LogP contribution < -0.4 is 5.32 Å². The number of amides is 1. The monoisotopic (exact) mass is 347 g/mol. The number of rotatable bonds is 5. The number of halogens is 1. The van der Waals surface area contributed by atoms with Crippen molar-refractivity contribution in [2.24, 2.45) is 5.92 Å². The molecule has 1 aromatic carbocycles. The van der Waals surface area contributed by atoms with Gasteiger partial charge in [0.25, 0.3) is 0 Å². The SMILES string of the molecule is COC(=O)[C@@H](NC(=O)/C=C/C1=C(Cl)c2ccccc2CC1)C(C)C. The van der Waals surface area contributed by atoms with Crippen molar-refractivity contribution < 1.29 is 14.3 Å². The molecule has 0 heterocycles. The van der Waals surface area contributed by atoms with Crippen LogP contribution in [-0.4, -0.2) is 25.0 Å². The molecule has 0 fully saturated rings. The summed E-state index contributed by atoms with van der Waals surface area (Å²) in [7, 11) is 1.31. The number of carbonyl (C=O) groups excluding carboxylic acids is 2. The lowest BCUT2D eigenvalue weighted by Crippen LogP contribution is -2.44. The van der Waals surface area contributed by atoms with Crippen molar-refractivity contribution in [3.05, 3.63) is 53.1 Å². The highest BCUT2D eigenvalue weighted by atomic mass is 35.5. The molecule has 1 amide bonds. The first-order valence-corrected chi connectivity index (χ1v) is 8.35. The van der Waals surface area contributed by atoms with Gasteiger partial charge in [0.1, 0.15) is 6.04 Å². The Morgan fingerprint density at radius 1 is 1.25 bits per heavy atom. The van der Waals surface area contributed by atoms with Crippen molar-refractivity contribution in [3.63, 3.8) is 0 Å². The largest absolute Gasteiger partial charge is 0.467 e. The molecule has 0 aliphatic heterocycles. The van der Waals surface area contributed by atoms with Gasteiger partial charge in [-0.1, -0.05) is 55.8 Å². The highest BCUT2D eigenvalue weighted by Gasteiger charge is 2.24. The van der Waals surface area contributed by atoms with Crippen molar-refractivity contribution in [3.8, 4) is 0 Å². The van der Waals surface area contributed by atoms with Gasteiger partial charge in [0.2, 0.25) is 5.91 Å². The Hall–Kier alpha value is -2.07. The van der Waals surface area contributed by atoms with Crippen molar-refractivity contribution in [2.45, 2.75) is 32.7 Å². The molecule has 1 atom stereocenters. The maximum atomic E-state index is 12.1. The third-order valence-electron chi connectivity index (χ3n) is 4.05. The van der Waals surface area contributed by atoms with E-state index in [0.29, 0.717) is 5.03 Å². The van der Waals surface area contributed by atoms with Crippen LogP contribution in [0.25, 0.3) is 5.03 Å². The average Bonchev–Trinajstić information content (AvgIpc) is 2.58. The summed E-state index contributed by atoms with van der Waals surface area (Å²) in [5, 5.41) is 3.35. The van der Waals surface area contributed by atoms with Crippen LogP contribution in [0.1, 0.15) is 31.4 Å². The van der Waals surface area contributed by atoms with E-state index in [1.165, 1.54) is 18.7 Å². The second-order valence-corrected chi connectivity index (χ2v) is 6.46. The number of benzene rings is 1. The number of carbonyl (C=O) groups is 2. The zero-order chi connectivity index (χ0) is 17.7. The van der Waals surface area contributed by atoms with Crippen LogP contribution in [-0.2, 0) is 20.7 Å². The van der Waals surface area contributed by atoms with E-state index in [1.54, 1.807) is 6.08 Å². The van der Waals surface area contributed by atoms with Crippen LogP contribution in [0.15, 0.2) is 42.0 Å². The number of allylic oxidation sites excluding steroid dienone is 2. The van der Waals surface area contributed by atoms with Gasteiger partial charge in [0.15, 0.2) is 0 Å². The predicted molar refractivity (Wildman–Crippen MR) is 95.5 cm³/mol. The Kier molecular flexibility index (Phi) is 6.21. The molecule has 24 heavy (non-hydrogen) atoms. The lowest BCUT2D eigenvalue weighted by molar-refractivity contribution is -0.145.